The molecule has 1 unspecified atom stereocenters. The van der Waals surface area contributed by atoms with Crippen molar-refractivity contribution in [2.45, 2.75) is 20.1 Å². The number of hydrogen-bond acceptors (Lipinski definition) is 3. The monoisotopic (exact) mass is 298 g/mol. The number of methoxy groups -OCH3 is 1. The van der Waals surface area contributed by atoms with Crippen LogP contribution in [-0.4, -0.2) is 26.1 Å². The molecular formula is C15H23ClN2O2. The fourth-order valence-electron chi connectivity index (χ4n) is 2.22. The summed E-state index contributed by atoms with van der Waals surface area (Å²) >= 11 is 0. The standard InChI is InChI=1S/C15H22N2O2.ClH/c1-11(14-8-16-9-14)15(18)17-7-12-4-3-5-13(6-12)10-19-2;/h3-6,11,14,16H,7-10H2,1-2H3,(H,17,18);1H. The third kappa shape index (κ3) is 4.47. The summed E-state index contributed by atoms with van der Waals surface area (Å²) in [5, 5.41) is 6.21. The van der Waals surface area contributed by atoms with Gasteiger partial charge in [0.1, 0.15) is 0 Å². The smallest absolute Gasteiger partial charge is 0.223 e. The highest BCUT2D eigenvalue weighted by molar-refractivity contribution is 5.85. The zero-order chi connectivity index (χ0) is 13.7. The van der Waals surface area contributed by atoms with Gasteiger partial charge in [-0.15, -0.1) is 12.4 Å². The van der Waals surface area contributed by atoms with E-state index in [0.717, 1.165) is 24.2 Å². The lowest BCUT2D eigenvalue weighted by atomic mass is 9.88. The minimum atomic E-state index is 0. The van der Waals surface area contributed by atoms with Gasteiger partial charge in [0.25, 0.3) is 0 Å². The Labute approximate surface area is 126 Å². The summed E-state index contributed by atoms with van der Waals surface area (Å²) in [5.74, 6) is 0.715. The molecule has 112 valence electrons. The molecule has 1 heterocycles. The Morgan fingerprint density at radius 2 is 2.15 bits per heavy atom. The highest BCUT2D eigenvalue weighted by Crippen LogP contribution is 2.16. The number of benzene rings is 1. The first-order valence-corrected chi connectivity index (χ1v) is 6.76. The van der Waals surface area contributed by atoms with Crippen molar-refractivity contribution in [3.8, 4) is 0 Å². The van der Waals surface area contributed by atoms with Crippen LogP contribution < -0.4 is 10.6 Å². The van der Waals surface area contributed by atoms with Gasteiger partial charge in [-0.3, -0.25) is 4.79 Å². The number of carbonyl (C=O) groups excluding carboxylic acids is 1. The molecule has 4 nitrogen and oxygen atoms in total. The van der Waals surface area contributed by atoms with Gasteiger partial charge in [-0.25, -0.2) is 0 Å². The van der Waals surface area contributed by atoms with Gasteiger partial charge >= 0.3 is 0 Å². The van der Waals surface area contributed by atoms with E-state index >= 15 is 0 Å². The molecule has 5 heteroatoms. The van der Waals surface area contributed by atoms with Crippen molar-refractivity contribution >= 4 is 18.3 Å². The van der Waals surface area contributed by atoms with Gasteiger partial charge in [0.05, 0.1) is 6.61 Å². The number of rotatable bonds is 6. The van der Waals surface area contributed by atoms with Gasteiger partial charge < -0.3 is 15.4 Å². The highest BCUT2D eigenvalue weighted by atomic mass is 35.5. The van der Waals surface area contributed by atoms with Crippen LogP contribution in [0.15, 0.2) is 24.3 Å². The molecule has 0 aromatic heterocycles. The van der Waals surface area contributed by atoms with Crippen LogP contribution in [0.1, 0.15) is 18.1 Å². The number of nitrogens with one attached hydrogen (secondary N) is 2. The largest absolute Gasteiger partial charge is 0.380 e. The summed E-state index contributed by atoms with van der Waals surface area (Å²) < 4.78 is 5.11. The first-order valence-electron chi connectivity index (χ1n) is 6.76. The molecule has 1 atom stereocenters. The van der Waals surface area contributed by atoms with E-state index in [2.05, 4.69) is 16.7 Å². The molecule has 1 aromatic carbocycles. The average molecular weight is 299 g/mol. The summed E-state index contributed by atoms with van der Waals surface area (Å²) in [6, 6.07) is 8.11. The topological polar surface area (TPSA) is 50.4 Å². The molecule has 0 bridgehead atoms. The Hall–Kier alpha value is -1.10. The van der Waals surface area contributed by atoms with E-state index in [-0.39, 0.29) is 24.2 Å². The molecule has 1 aromatic rings. The van der Waals surface area contributed by atoms with Crippen LogP contribution >= 0.6 is 12.4 Å². The number of ether oxygens (including phenoxy) is 1. The SMILES string of the molecule is COCc1cccc(CNC(=O)C(C)C2CNC2)c1.Cl. The van der Waals surface area contributed by atoms with E-state index in [1.54, 1.807) is 7.11 Å². The van der Waals surface area contributed by atoms with Crippen LogP contribution in [0.4, 0.5) is 0 Å². The summed E-state index contributed by atoms with van der Waals surface area (Å²) in [4.78, 5) is 12.0. The van der Waals surface area contributed by atoms with Crippen molar-refractivity contribution in [3.05, 3.63) is 35.4 Å². The Bertz CT molecular complexity index is 436. The lowest BCUT2D eigenvalue weighted by molar-refractivity contribution is -0.126. The molecule has 0 saturated carbocycles. The van der Waals surface area contributed by atoms with E-state index in [4.69, 9.17) is 4.74 Å². The number of halogens is 1. The van der Waals surface area contributed by atoms with Crippen molar-refractivity contribution in [2.24, 2.45) is 11.8 Å². The van der Waals surface area contributed by atoms with Gasteiger partial charge in [0, 0.05) is 19.6 Å². The number of amides is 1. The molecule has 0 radical (unpaired) electrons. The first kappa shape index (κ1) is 17.0. The summed E-state index contributed by atoms with van der Waals surface area (Å²) in [5.41, 5.74) is 2.24. The molecule has 1 fully saturated rings. The molecule has 0 aliphatic carbocycles. The van der Waals surface area contributed by atoms with Crippen molar-refractivity contribution < 1.29 is 9.53 Å². The highest BCUT2D eigenvalue weighted by Gasteiger charge is 2.28. The molecule has 2 rings (SSSR count). The van der Waals surface area contributed by atoms with Crippen LogP contribution in [0.3, 0.4) is 0 Å². The quantitative estimate of drug-likeness (QED) is 0.841. The normalized spacial score (nSPS) is 15.9. The molecule has 2 N–H and O–H groups in total. The number of hydrogen-bond donors (Lipinski definition) is 2. The predicted octanol–water partition coefficient (Wildman–Crippen LogP) is 1.73. The van der Waals surface area contributed by atoms with Gasteiger partial charge in [-0.05, 0) is 30.1 Å². The van der Waals surface area contributed by atoms with E-state index in [1.165, 1.54) is 0 Å². The fraction of sp³-hybridized carbons (Fsp3) is 0.533. The second kappa shape index (κ2) is 8.25. The molecular weight excluding hydrogens is 276 g/mol. The second-order valence-electron chi connectivity index (χ2n) is 5.18. The van der Waals surface area contributed by atoms with Gasteiger partial charge in [0.15, 0.2) is 0 Å². The Morgan fingerprint density at radius 3 is 2.75 bits per heavy atom. The predicted molar refractivity (Wildman–Crippen MR) is 81.8 cm³/mol. The third-order valence-electron chi connectivity index (χ3n) is 3.70. The minimum Gasteiger partial charge on any atom is -0.380 e. The fourth-order valence-corrected chi connectivity index (χ4v) is 2.22. The molecule has 20 heavy (non-hydrogen) atoms. The summed E-state index contributed by atoms with van der Waals surface area (Å²) in [6.45, 7) is 5.10. The Morgan fingerprint density at radius 1 is 1.45 bits per heavy atom. The Kier molecular flexibility index (Phi) is 6.99. The molecule has 1 amide bonds. The first-order chi connectivity index (χ1) is 9.20. The maximum absolute atomic E-state index is 12.0. The van der Waals surface area contributed by atoms with Crippen molar-refractivity contribution in [3.63, 3.8) is 0 Å². The van der Waals surface area contributed by atoms with Crippen molar-refractivity contribution in [2.75, 3.05) is 20.2 Å². The van der Waals surface area contributed by atoms with E-state index < -0.39 is 0 Å². The van der Waals surface area contributed by atoms with Crippen LogP contribution in [0.2, 0.25) is 0 Å². The van der Waals surface area contributed by atoms with Gasteiger partial charge in [-0.2, -0.15) is 0 Å². The van der Waals surface area contributed by atoms with Crippen molar-refractivity contribution in [1.29, 1.82) is 0 Å². The third-order valence-corrected chi connectivity index (χ3v) is 3.70. The minimum absolute atomic E-state index is 0. The van der Waals surface area contributed by atoms with Crippen molar-refractivity contribution in [1.82, 2.24) is 10.6 Å². The summed E-state index contributed by atoms with van der Waals surface area (Å²) in [7, 11) is 1.68. The zero-order valence-corrected chi connectivity index (χ0v) is 12.8. The lowest BCUT2D eigenvalue weighted by Crippen LogP contribution is -2.49. The Balaban J connectivity index is 0.00000200. The maximum Gasteiger partial charge on any atom is 0.223 e. The van der Waals surface area contributed by atoms with E-state index in [9.17, 15) is 4.79 Å². The van der Waals surface area contributed by atoms with Crippen LogP contribution in [0.5, 0.6) is 0 Å². The van der Waals surface area contributed by atoms with E-state index in [1.807, 2.05) is 25.1 Å². The summed E-state index contributed by atoms with van der Waals surface area (Å²) in [6.07, 6.45) is 0. The van der Waals surface area contributed by atoms with E-state index in [0.29, 0.717) is 19.1 Å². The van der Waals surface area contributed by atoms with Gasteiger partial charge in [0.2, 0.25) is 5.91 Å². The molecule has 1 aliphatic rings. The maximum atomic E-state index is 12.0. The molecule has 1 saturated heterocycles. The van der Waals surface area contributed by atoms with Crippen LogP contribution in [-0.2, 0) is 22.7 Å². The molecule has 1 aliphatic heterocycles. The second-order valence-corrected chi connectivity index (χ2v) is 5.18. The van der Waals surface area contributed by atoms with Crippen LogP contribution in [0.25, 0.3) is 0 Å². The zero-order valence-electron chi connectivity index (χ0n) is 12.0. The number of carbonyl (C=O) groups is 1. The van der Waals surface area contributed by atoms with Gasteiger partial charge in [-0.1, -0.05) is 31.2 Å². The lowest BCUT2D eigenvalue weighted by Gasteiger charge is -2.31. The average Bonchev–Trinajstić information content (AvgIpc) is 2.34. The molecule has 0 spiro atoms. The van der Waals surface area contributed by atoms with Crippen LogP contribution in [0, 0.1) is 11.8 Å².